The summed E-state index contributed by atoms with van der Waals surface area (Å²) in [4.78, 5) is 11.4. The summed E-state index contributed by atoms with van der Waals surface area (Å²) in [6, 6.07) is -0.0162. The maximum Gasteiger partial charge on any atom is 0.138 e. The molecular formula is C15H21N3OS. The van der Waals surface area contributed by atoms with Crippen LogP contribution in [0.4, 0.5) is 5.82 Å². The molecule has 1 atom stereocenters. The van der Waals surface area contributed by atoms with E-state index < -0.39 is 0 Å². The molecule has 108 valence electrons. The largest absolute Gasteiger partial charge is 0.394 e. The number of hydrogen-bond acceptors (Lipinski definition) is 5. The van der Waals surface area contributed by atoms with E-state index >= 15 is 0 Å². The van der Waals surface area contributed by atoms with Gasteiger partial charge in [0.2, 0.25) is 0 Å². The molecule has 0 saturated heterocycles. The van der Waals surface area contributed by atoms with E-state index in [2.05, 4.69) is 36.1 Å². The fourth-order valence-corrected chi connectivity index (χ4v) is 3.97. The summed E-state index contributed by atoms with van der Waals surface area (Å²) in [6.07, 6.45) is 5.14. The smallest absolute Gasteiger partial charge is 0.138 e. The molecule has 0 amide bonds. The molecular weight excluding hydrogens is 270 g/mol. The van der Waals surface area contributed by atoms with Gasteiger partial charge in [-0.2, -0.15) is 0 Å². The van der Waals surface area contributed by atoms with Crippen LogP contribution in [-0.2, 0) is 12.8 Å². The van der Waals surface area contributed by atoms with Crippen molar-refractivity contribution >= 4 is 27.4 Å². The first-order valence-corrected chi connectivity index (χ1v) is 7.95. The molecule has 20 heavy (non-hydrogen) atoms. The summed E-state index contributed by atoms with van der Waals surface area (Å²) in [5, 5.41) is 14.2. The van der Waals surface area contributed by atoms with E-state index in [4.69, 9.17) is 0 Å². The van der Waals surface area contributed by atoms with Crippen LogP contribution in [-0.4, -0.2) is 27.7 Å². The van der Waals surface area contributed by atoms with Gasteiger partial charge >= 0.3 is 0 Å². The number of hydrogen-bond donors (Lipinski definition) is 2. The van der Waals surface area contributed by atoms with Gasteiger partial charge in [-0.25, -0.2) is 9.97 Å². The minimum atomic E-state index is -0.0226. The number of anilines is 1. The zero-order valence-electron chi connectivity index (χ0n) is 12.2. The maximum atomic E-state index is 9.64. The van der Waals surface area contributed by atoms with Crippen molar-refractivity contribution in [2.75, 3.05) is 11.9 Å². The van der Waals surface area contributed by atoms with Crippen LogP contribution in [0, 0.1) is 5.41 Å². The van der Waals surface area contributed by atoms with E-state index in [1.165, 1.54) is 28.7 Å². The second-order valence-corrected chi connectivity index (χ2v) is 7.59. The molecule has 0 spiro atoms. The lowest BCUT2D eigenvalue weighted by Crippen LogP contribution is -2.37. The number of nitrogens with one attached hydrogen (secondary N) is 1. The minimum absolute atomic E-state index is 0.0162. The van der Waals surface area contributed by atoms with Gasteiger partial charge in [-0.3, -0.25) is 0 Å². The van der Waals surface area contributed by atoms with Gasteiger partial charge in [-0.05, 0) is 30.2 Å². The molecule has 0 aliphatic heterocycles. The third kappa shape index (κ3) is 2.29. The molecule has 0 bridgehead atoms. The van der Waals surface area contributed by atoms with E-state index in [-0.39, 0.29) is 18.1 Å². The summed E-state index contributed by atoms with van der Waals surface area (Å²) in [6.45, 7) is 6.47. The highest BCUT2D eigenvalue weighted by Gasteiger charge is 2.27. The first kappa shape index (κ1) is 13.8. The summed E-state index contributed by atoms with van der Waals surface area (Å²) < 4.78 is 0. The summed E-state index contributed by atoms with van der Waals surface area (Å²) >= 11 is 1.79. The molecule has 0 saturated carbocycles. The lowest BCUT2D eigenvalue weighted by atomic mass is 9.87. The number of nitrogens with zero attached hydrogens (tertiary/aromatic N) is 2. The highest BCUT2D eigenvalue weighted by Crippen LogP contribution is 2.39. The predicted octanol–water partition coefficient (Wildman–Crippen LogP) is 3.00. The topological polar surface area (TPSA) is 58.0 Å². The van der Waals surface area contributed by atoms with Gasteiger partial charge in [-0.1, -0.05) is 20.8 Å². The van der Waals surface area contributed by atoms with Crippen LogP contribution in [0.25, 0.3) is 10.2 Å². The Morgan fingerprint density at radius 3 is 2.85 bits per heavy atom. The minimum Gasteiger partial charge on any atom is -0.394 e. The third-order valence-electron chi connectivity index (χ3n) is 4.04. The predicted molar refractivity (Wildman–Crippen MR) is 83.4 cm³/mol. The van der Waals surface area contributed by atoms with Gasteiger partial charge in [0, 0.05) is 4.88 Å². The summed E-state index contributed by atoms with van der Waals surface area (Å²) in [5.74, 6) is 0.878. The third-order valence-corrected chi connectivity index (χ3v) is 5.24. The highest BCUT2D eigenvalue weighted by atomic mass is 32.1. The Balaban J connectivity index is 2.03. The van der Waals surface area contributed by atoms with E-state index in [9.17, 15) is 5.11 Å². The molecule has 0 unspecified atom stereocenters. The molecule has 1 aliphatic carbocycles. The van der Waals surface area contributed by atoms with Crippen molar-refractivity contribution in [2.24, 2.45) is 5.41 Å². The molecule has 2 N–H and O–H groups in total. The van der Waals surface area contributed by atoms with Crippen LogP contribution in [0.3, 0.4) is 0 Å². The van der Waals surface area contributed by atoms with E-state index in [1.54, 1.807) is 17.7 Å². The summed E-state index contributed by atoms with van der Waals surface area (Å²) in [7, 11) is 0. The molecule has 4 nitrogen and oxygen atoms in total. The molecule has 5 heteroatoms. The number of fused-ring (bicyclic) bond motifs is 3. The molecule has 2 heterocycles. The van der Waals surface area contributed by atoms with Gasteiger partial charge < -0.3 is 10.4 Å². The molecule has 2 aromatic heterocycles. The number of aliphatic hydroxyl groups excluding tert-OH is 1. The average Bonchev–Trinajstić information content (AvgIpc) is 2.94. The van der Waals surface area contributed by atoms with Crippen LogP contribution < -0.4 is 5.32 Å². The molecule has 1 aliphatic rings. The fourth-order valence-electron chi connectivity index (χ4n) is 2.74. The second-order valence-electron chi connectivity index (χ2n) is 6.51. The average molecular weight is 291 g/mol. The van der Waals surface area contributed by atoms with Crippen molar-refractivity contribution in [3.63, 3.8) is 0 Å². The molecule has 0 aromatic carbocycles. The van der Waals surface area contributed by atoms with Gasteiger partial charge in [0.15, 0.2) is 0 Å². The normalized spacial score (nSPS) is 16.4. The molecule has 0 radical (unpaired) electrons. The number of aromatic nitrogens is 2. The lowest BCUT2D eigenvalue weighted by Gasteiger charge is -2.30. The van der Waals surface area contributed by atoms with E-state index in [0.717, 1.165) is 17.1 Å². The Hall–Kier alpha value is -1.20. The van der Waals surface area contributed by atoms with Crippen LogP contribution in [0.15, 0.2) is 6.33 Å². The lowest BCUT2D eigenvalue weighted by molar-refractivity contribution is 0.201. The number of aliphatic hydroxyl groups is 1. The Labute approximate surface area is 123 Å². The van der Waals surface area contributed by atoms with Crippen molar-refractivity contribution < 1.29 is 5.11 Å². The SMILES string of the molecule is CC(C)(C)[C@@H](CO)Nc1ncnc2sc3c(c12)CCC3. The second kappa shape index (κ2) is 4.97. The van der Waals surface area contributed by atoms with Crippen LogP contribution in [0.1, 0.15) is 37.6 Å². The van der Waals surface area contributed by atoms with Crippen molar-refractivity contribution in [3.8, 4) is 0 Å². The zero-order valence-corrected chi connectivity index (χ0v) is 13.0. The number of aryl methyl sites for hydroxylation is 2. The standard InChI is InChI=1S/C15H21N3OS/c1-15(2,3)11(7-19)18-13-12-9-5-4-6-10(9)20-14(12)17-8-16-13/h8,11,19H,4-7H2,1-3H3,(H,16,17,18)/t11-/m1/s1. The molecule has 3 rings (SSSR count). The van der Waals surface area contributed by atoms with Crippen molar-refractivity contribution in [2.45, 2.75) is 46.1 Å². The highest BCUT2D eigenvalue weighted by molar-refractivity contribution is 7.19. The zero-order chi connectivity index (χ0) is 14.3. The fraction of sp³-hybridized carbons (Fsp3) is 0.600. The first-order valence-electron chi connectivity index (χ1n) is 7.13. The maximum absolute atomic E-state index is 9.64. The Morgan fingerprint density at radius 2 is 2.15 bits per heavy atom. The first-order chi connectivity index (χ1) is 9.50. The quantitative estimate of drug-likeness (QED) is 0.912. The van der Waals surface area contributed by atoms with Crippen LogP contribution in [0.2, 0.25) is 0 Å². The Kier molecular flexibility index (Phi) is 3.42. The van der Waals surface area contributed by atoms with Gasteiger partial charge in [0.1, 0.15) is 17.0 Å². The van der Waals surface area contributed by atoms with Crippen molar-refractivity contribution in [1.29, 1.82) is 0 Å². The summed E-state index contributed by atoms with van der Waals surface area (Å²) in [5.41, 5.74) is 1.39. The number of thiophene rings is 1. The Bertz CT molecular complexity index is 630. The van der Waals surface area contributed by atoms with E-state index in [0.29, 0.717) is 0 Å². The monoisotopic (exact) mass is 291 g/mol. The van der Waals surface area contributed by atoms with Crippen LogP contribution in [0.5, 0.6) is 0 Å². The van der Waals surface area contributed by atoms with Gasteiger partial charge in [0.25, 0.3) is 0 Å². The van der Waals surface area contributed by atoms with Crippen molar-refractivity contribution in [3.05, 3.63) is 16.8 Å². The van der Waals surface area contributed by atoms with E-state index in [1.807, 2.05) is 0 Å². The van der Waals surface area contributed by atoms with Gasteiger partial charge in [-0.15, -0.1) is 11.3 Å². The van der Waals surface area contributed by atoms with Crippen molar-refractivity contribution in [1.82, 2.24) is 9.97 Å². The Morgan fingerprint density at radius 1 is 1.35 bits per heavy atom. The van der Waals surface area contributed by atoms with Crippen LogP contribution >= 0.6 is 11.3 Å². The van der Waals surface area contributed by atoms with Gasteiger partial charge in [0.05, 0.1) is 18.0 Å². The molecule has 2 aromatic rings. The number of rotatable bonds is 3. The molecule has 0 fully saturated rings.